The van der Waals surface area contributed by atoms with E-state index >= 15 is 0 Å². The van der Waals surface area contributed by atoms with Crippen molar-refractivity contribution in [1.82, 2.24) is 5.32 Å². The summed E-state index contributed by atoms with van der Waals surface area (Å²) in [5.74, 6) is -0.411. The second kappa shape index (κ2) is 7.42. The van der Waals surface area contributed by atoms with Crippen molar-refractivity contribution in [1.29, 1.82) is 0 Å². The predicted octanol–water partition coefficient (Wildman–Crippen LogP) is 5.11. The molecule has 1 N–H and O–H groups in total. The first-order valence-corrected chi connectivity index (χ1v) is 8.32. The van der Waals surface area contributed by atoms with Crippen LogP contribution in [-0.2, 0) is 12.4 Å². The molecule has 2 aromatic rings. The van der Waals surface area contributed by atoms with Crippen LogP contribution in [0.4, 0.5) is 26.3 Å². The molecule has 0 saturated carbocycles. The maximum Gasteiger partial charge on any atom is 0.416 e. The normalized spacial score (nSPS) is 20.7. The van der Waals surface area contributed by atoms with Gasteiger partial charge in [0, 0.05) is 24.9 Å². The minimum atomic E-state index is -4.89. The third-order valence-corrected chi connectivity index (χ3v) is 4.59. The zero-order valence-corrected chi connectivity index (χ0v) is 14.1. The Kier molecular flexibility index (Phi) is 5.37. The predicted molar refractivity (Wildman–Crippen MR) is 87.5 cm³/mol. The van der Waals surface area contributed by atoms with E-state index in [4.69, 9.17) is 4.74 Å². The summed E-state index contributed by atoms with van der Waals surface area (Å²) in [5, 5.41) is 3.19. The number of halogens is 6. The van der Waals surface area contributed by atoms with Gasteiger partial charge in [0.1, 0.15) is 5.75 Å². The Morgan fingerprint density at radius 1 is 0.852 bits per heavy atom. The van der Waals surface area contributed by atoms with Gasteiger partial charge in [-0.05, 0) is 23.8 Å². The highest BCUT2D eigenvalue weighted by molar-refractivity contribution is 5.37. The molecule has 2 aromatic carbocycles. The van der Waals surface area contributed by atoms with Gasteiger partial charge in [0.2, 0.25) is 0 Å². The number of benzene rings is 2. The van der Waals surface area contributed by atoms with Gasteiger partial charge < -0.3 is 10.1 Å². The molecule has 0 bridgehead atoms. The van der Waals surface area contributed by atoms with Crippen molar-refractivity contribution >= 4 is 0 Å². The van der Waals surface area contributed by atoms with Gasteiger partial charge in [0.05, 0.1) is 17.7 Å². The molecule has 8 heteroatoms. The molecule has 1 fully saturated rings. The van der Waals surface area contributed by atoms with Crippen LogP contribution in [0.2, 0.25) is 0 Å². The van der Waals surface area contributed by atoms with E-state index in [0.717, 1.165) is 5.56 Å². The van der Waals surface area contributed by atoms with E-state index in [9.17, 15) is 26.3 Å². The first kappa shape index (κ1) is 19.5. The molecule has 0 unspecified atom stereocenters. The third kappa shape index (κ3) is 4.74. The monoisotopic (exact) mass is 389 g/mol. The maximum atomic E-state index is 12.9. The average molecular weight is 389 g/mol. The maximum absolute atomic E-state index is 12.9. The molecule has 1 heterocycles. The standard InChI is InChI=1S/C19H17F6NO/c20-18(21,22)14-6-15(19(23,24)25)8-16(7-14)27-11-13-9-26-10-17(13)12-4-2-1-3-5-12/h1-8,13,17,26H,9-11H2/t13-,17-/m0/s1. The van der Waals surface area contributed by atoms with Gasteiger partial charge in [0.25, 0.3) is 0 Å². The lowest BCUT2D eigenvalue weighted by atomic mass is 9.89. The first-order valence-electron chi connectivity index (χ1n) is 8.32. The minimum Gasteiger partial charge on any atom is -0.493 e. The fraction of sp³-hybridized carbons (Fsp3) is 0.368. The smallest absolute Gasteiger partial charge is 0.416 e. The first-order chi connectivity index (χ1) is 12.6. The van der Waals surface area contributed by atoms with Crippen molar-refractivity contribution < 1.29 is 31.1 Å². The summed E-state index contributed by atoms with van der Waals surface area (Å²) in [7, 11) is 0. The molecule has 2 atom stereocenters. The van der Waals surface area contributed by atoms with Crippen molar-refractivity contribution in [3.05, 3.63) is 65.2 Å². The van der Waals surface area contributed by atoms with Crippen LogP contribution in [0, 0.1) is 5.92 Å². The molecule has 1 saturated heterocycles. The Morgan fingerprint density at radius 2 is 1.44 bits per heavy atom. The van der Waals surface area contributed by atoms with Gasteiger partial charge in [-0.2, -0.15) is 26.3 Å². The topological polar surface area (TPSA) is 21.3 Å². The molecule has 1 aliphatic rings. The van der Waals surface area contributed by atoms with Crippen LogP contribution in [0.5, 0.6) is 5.75 Å². The highest BCUT2D eigenvalue weighted by Gasteiger charge is 2.37. The van der Waals surface area contributed by atoms with E-state index < -0.39 is 29.2 Å². The van der Waals surface area contributed by atoms with Crippen LogP contribution in [0.1, 0.15) is 22.6 Å². The number of ether oxygens (including phenoxy) is 1. The van der Waals surface area contributed by atoms with Crippen LogP contribution in [0.25, 0.3) is 0 Å². The number of rotatable bonds is 4. The van der Waals surface area contributed by atoms with Crippen molar-refractivity contribution in [3.8, 4) is 5.75 Å². The Balaban J connectivity index is 1.79. The molecule has 146 valence electrons. The van der Waals surface area contributed by atoms with Gasteiger partial charge in [-0.1, -0.05) is 30.3 Å². The average Bonchev–Trinajstić information content (AvgIpc) is 3.07. The highest BCUT2D eigenvalue weighted by Crippen LogP contribution is 2.38. The largest absolute Gasteiger partial charge is 0.493 e. The molecule has 0 aromatic heterocycles. The number of nitrogens with one attached hydrogen (secondary N) is 1. The molecule has 27 heavy (non-hydrogen) atoms. The van der Waals surface area contributed by atoms with E-state index in [1.54, 1.807) is 0 Å². The minimum absolute atomic E-state index is 0.0190. The van der Waals surface area contributed by atoms with E-state index in [1.807, 2.05) is 30.3 Å². The second-order valence-electron chi connectivity index (χ2n) is 6.49. The summed E-state index contributed by atoms with van der Waals surface area (Å²) in [6.07, 6.45) is -9.78. The van der Waals surface area contributed by atoms with Gasteiger partial charge in [0.15, 0.2) is 0 Å². The Labute approximate surface area is 152 Å². The quantitative estimate of drug-likeness (QED) is 0.734. The van der Waals surface area contributed by atoms with E-state index in [1.165, 1.54) is 0 Å². The van der Waals surface area contributed by atoms with E-state index in [2.05, 4.69) is 5.32 Å². The Morgan fingerprint density at radius 3 is 2.00 bits per heavy atom. The van der Waals surface area contributed by atoms with Crippen molar-refractivity contribution in [2.75, 3.05) is 19.7 Å². The molecule has 0 radical (unpaired) electrons. The molecule has 0 amide bonds. The molecular weight excluding hydrogens is 372 g/mol. The summed E-state index contributed by atoms with van der Waals surface area (Å²) in [4.78, 5) is 0. The number of hydrogen-bond acceptors (Lipinski definition) is 2. The van der Waals surface area contributed by atoms with Crippen LogP contribution in [-0.4, -0.2) is 19.7 Å². The lowest BCUT2D eigenvalue weighted by Gasteiger charge is -2.20. The van der Waals surface area contributed by atoms with Gasteiger partial charge >= 0.3 is 12.4 Å². The van der Waals surface area contributed by atoms with E-state index in [0.29, 0.717) is 25.2 Å². The summed E-state index contributed by atoms with van der Waals surface area (Å²) in [5.41, 5.74) is -1.70. The molecule has 0 aliphatic carbocycles. The van der Waals surface area contributed by atoms with Crippen LogP contribution in [0.3, 0.4) is 0 Å². The summed E-state index contributed by atoms with van der Waals surface area (Å²) in [6, 6.07) is 10.8. The lowest BCUT2D eigenvalue weighted by molar-refractivity contribution is -0.143. The highest BCUT2D eigenvalue weighted by atomic mass is 19.4. The zero-order valence-electron chi connectivity index (χ0n) is 14.1. The summed E-state index contributed by atoms with van der Waals surface area (Å²) >= 11 is 0. The Hall–Kier alpha value is -2.22. The van der Waals surface area contributed by atoms with Crippen LogP contribution >= 0.6 is 0 Å². The van der Waals surface area contributed by atoms with Crippen LogP contribution in [0.15, 0.2) is 48.5 Å². The molecule has 3 rings (SSSR count). The lowest BCUT2D eigenvalue weighted by Crippen LogP contribution is -2.20. The van der Waals surface area contributed by atoms with Crippen molar-refractivity contribution in [3.63, 3.8) is 0 Å². The molecule has 1 aliphatic heterocycles. The van der Waals surface area contributed by atoms with Crippen molar-refractivity contribution in [2.45, 2.75) is 18.3 Å². The fourth-order valence-corrected chi connectivity index (χ4v) is 3.21. The second-order valence-corrected chi connectivity index (χ2v) is 6.49. The molecular formula is C19H17F6NO. The summed E-state index contributed by atoms with van der Waals surface area (Å²) < 4.78 is 82.9. The van der Waals surface area contributed by atoms with Crippen molar-refractivity contribution in [2.24, 2.45) is 5.92 Å². The van der Waals surface area contributed by atoms with Gasteiger partial charge in [-0.15, -0.1) is 0 Å². The summed E-state index contributed by atoms with van der Waals surface area (Å²) in [6.45, 7) is 1.27. The van der Waals surface area contributed by atoms with E-state index in [-0.39, 0.29) is 24.5 Å². The zero-order chi connectivity index (χ0) is 19.7. The Bertz CT molecular complexity index is 740. The number of alkyl halides is 6. The van der Waals surface area contributed by atoms with Gasteiger partial charge in [-0.3, -0.25) is 0 Å². The van der Waals surface area contributed by atoms with Crippen LogP contribution < -0.4 is 10.1 Å². The number of hydrogen-bond donors (Lipinski definition) is 1. The molecule has 0 spiro atoms. The SMILES string of the molecule is FC(F)(F)c1cc(OC[C@@H]2CNC[C@H]2c2ccccc2)cc(C(F)(F)F)c1. The molecule has 2 nitrogen and oxygen atoms in total. The third-order valence-electron chi connectivity index (χ3n) is 4.59. The fourth-order valence-electron chi connectivity index (χ4n) is 3.21. The van der Waals surface area contributed by atoms with Gasteiger partial charge in [-0.25, -0.2) is 0 Å².